The topological polar surface area (TPSA) is 221 Å². The quantitative estimate of drug-likeness (QED) is 0.0919. The number of methoxy groups -OCH3 is 1. The molecule has 13 nitrogen and oxygen atoms in total. The Morgan fingerprint density at radius 1 is 1.13 bits per heavy atom. The average molecular weight is 628 g/mol. The molecule has 244 valence electrons. The zero-order valence-electron chi connectivity index (χ0n) is 26.0. The summed E-state index contributed by atoms with van der Waals surface area (Å²) in [6.45, 7) is 6.11. The molecule has 0 aliphatic heterocycles. The van der Waals surface area contributed by atoms with Crippen LogP contribution in [0.5, 0.6) is 17.2 Å². The first-order valence-electron chi connectivity index (χ1n) is 14.9. The Morgan fingerprint density at radius 3 is 2.40 bits per heavy atom. The number of nitrogens with zero attached hydrogens (tertiary/aromatic N) is 1. The molecule has 2 aliphatic rings. The number of fused-ring (bicyclic) bond motifs is 3. The van der Waals surface area contributed by atoms with E-state index in [-0.39, 0.29) is 58.9 Å². The Hall–Kier alpha value is -3.88. The number of hydrogen-bond donors (Lipinski definition) is 7. The van der Waals surface area contributed by atoms with Crippen LogP contribution in [-0.2, 0) is 16.0 Å². The van der Waals surface area contributed by atoms with Gasteiger partial charge in [-0.2, -0.15) is 5.10 Å². The Kier molecular flexibility index (Phi) is 10.00. The van der Waals surface area contributed by atoms with E-state index in [4.69, 9.17) is 15.2 Å². The average Bonchev–Trinajstić information content (AvgIpc) is 3.00. The molecule has 0 aromatic heterocycles. The molecular weight excluding hydrogens is 586 g/mol. The van der Waals surface area contributed by atoms with Gasteiger partial charge in [0.15, 0.2) is 5.78 Å². The van der Waals surface area contributed by atoms with E-state index in [2.05, 4.69) is 10.5 Å². The lowest BCUT2D eigenvalue weighted by atomic mass is 9.71. The number of rotatable bonds is 11. The molecule has 0 fully saturated rings. The Bertz CT molecular complexity index is 1540. The third kappa shape index (κ3) is 6.18. The highest BCUT2D eigenvalue weighted by atomic mass is 16.5. The molecule has 1 amide bonds. The smallest absolute Gasteiger partial charge is 0.239 e. The molecule has 0 saturated carbocycles. The zero-order chi connectivity index (χ0) is 33.4. The van der Waals surface area contributed by atoms with Gasteiger partial charge >= 0.3 is 0 Å². The molecule has 0 saturated heterocycles. The highest BCUT2D eigenvalue weighted by Gasteiger charge is 2.48. The third-order valence-corrected chi connectivity index (χ3v) is 8.52. The van der Waals surface area contributed by atoms with Gasteiger partial charge in [-0.3, -0.25) is 14.4 Å². The van der Waals surface area contributed by atoms with Gasteiger partial charge in [0.1, 0.15) is 22.8 Å². The van der Waals surface area contributed by atoms with Crippen LogP contribution in [0.3, 0.4) is 0 Å². The van der Waals surface area contributed by atoms with Crippen molar-refractivity contribution in [3.8, 4) is 17.2 Å². The van der Waals surface area contributed by atoms with Crippen LogP contribution in [0.1, 0.15) is 96.0 Å². The van der Waals surface area contributed by atoms with Gasteiger partial charge in [0.05, 0.1) is 54.4 Å². The predicted octanol–water partition coefficient (Wildman–Crippen LogP) is 1.61. The molecule has 0 bridgehead atoms. The highest BCUT2D eigenvalue weighted by molar-refractivity contribution is 6.31. The van der Waals surface area contributed by atoms with Gasteiger partial charge < -0.3 is 40.7 Å². The minimum absolute atomic E-state index is 0.0323. The van der Waals surface area contributed by atoms with Crippen molar-refractivity contribution in [2.24, 2.45) is 16.8 Å². The summed E-state index contributed by atoms with van der Waals surface area (Å²) in [6, 6.07) is 3.74. The van der Waals surface area contributed by atoms with Gasteiger partial charge in [0.25, 0.3) is 0 Å². The maximum atomic E-state index is 13.8. The second-order valence-corrected chi connectivity index (χ2v) is 12.0. The van der Waals surface area contributed by atoms with Crippen molar-refractivity contribution in [1.82, 2.24) is 5.43 Å². The third-order valence-electron chi connectivity index (χ3n) is 8.52. The fourth-order valence-corrected chi connectivity index (χ4v) is 6.10. The molecule has 2 aliphatic carbocycles. The van der Waals surface area contributed by atoms with Crippen LogP contribution in [-0.4, -0.2) is 86.3 Å². The lowest BCUT2D eigenvalue weighted by Crippen LogP contribution is -2.49. The van der Waals surface area contributed by atoms with Gasteiger partial charge in [0.2, 0.25) is 11.7 Å². The Labute approximate surface area is 260 Å². The van der Waals surface area contributed by atoms with Gasteiger partial charge in [-0.15, -0.1) is 0 Å². The summed E-state index contributed by atoms with van der Waals surface area (Å²) in [5, 5.41) is 59.8. The van der Waals surface area contributed by atoms with Crippen molar-refractivity contribution in [2.75, 3.05) is 13.7 Å². The van der Waals surface area contributed by atoms with Crippen LogP contribution < -0.4 is 15.9 Å². The minimum Gasteiger partial charge on any atom is -0.507 e. The van der Waals surface area contributed by atoms with Gasteiger partial charge in [-0.05, 0) is 25.3 Å². The van der Waals surface area contributed by atoms with Crippen LogP contribution in [0.15, 0.2) is 23.3 Å². The summed E-state index contributed by atoms with van der Waals surface area (Å²) in [6.07, 6.45) is -3.29. The van der Waals surface area contributed by atoms with Crippen molar-refractivity contribution in [1.29, 1.82) is 0 Å². The van der Waals surface area contributed by atoms with E-state index < -0.39 is 83.1 Å². The van der Waals surface area contributed by atoms with Crippen molar-refractivity contribution < 1.29 is 49.4 Å². The number of benzene rings is 2. The number of nitrogens with two attached hydrogens (primary N) is 1. The predicted molar refractivity (Wildman–Crippen MR) is 163 cm³/mol. The number of phenolic OH excluding ortho intramolecular Hbond substituents is 2. The van der Waals surface area contributed by atoms with E-state index in [1.807, 2.05) is 13.8 Å². The highest BCUT2D eigenvalue weighted by Crippen LogP contribution is 2.52. The number of amides is 1. The Morgan fingerprint density at radius 2 is 1.80 bits per heavy atom. The first-order valence-corrected chi connectivity index (χ1v) is 14.9. The standard InChI is InChI=1S/C32H41N3O10/c1-6-22(37)35-34-21(13-36)32(43)11-17-24(20(12-32)45-15(4)10-18(33)27(38)14(2)3)31(42)26-25(29(17)40)28(39)16-8-7-9-19(44-5)23(16)30(26)41/h7-9,14-15,18,20,27,36,38,40,42-43H,6,10-13,33H2,1-5H3,(H,35,37)/b34-21+/t15?,18?,20-,27?,32-/m0/s1. The normalized spacial score (nSPS) is 21.5. The first kappa shape index (κ1) is 34.0. The fourth-order valence-electron chi connectivity index (χ4n) is 6.10. The largest absolute Gasteiger partial charge is 0.507 e. The number of aliphatic hydroxyl groups is 3. The Balaban J connectivity index is 1.89. The molecular formula is C32H41N3O10. The number of carbonyl (C=O) groups is 3. The van der Waals surface area contributed by atoms with E-state index in [1.54, 1.807) is 13.8 Å². The first-order chi connectivity index (χ1) is 21.2. The van der Waals surface area contributed by atoms with E-state index in [1.165, 1.54) is 25.3 Å². The van der Waals surface area contributed by atoms with Crippen LogP contribution >= 0.6 is 0 Å². The van der Waals surface area contributed by atoms with Gasteiger partial charge in [0, 0.05) is 42.0 Å². The number of aliphatic hydroxyl groups excluding tert-OH is 2. The summed E-state index contributed by atoms with van der Waals surface area (Å²) in [4.78, 5) is 39.5. The summed E-state index contributed by atoms with van der Waals surface area (Å²) in [5.74, 6) is -3.25. The fraction of sp³-hybridized carbons (Fsp3) is 0.500. The van der Waals surface area contributed by atoms with Crippen LogP contribution in [0.4, 0.5) is 0 Å². The molecule has 0 radical (unpaired) electrons. The van der Waals surface area contributed by atoms with Crippen LogP contribution in [0.25, 0.3) is 0 Å². The number of carbonyl (C=O) groups excluding carboxylic acids is 3. The maximum absolute atomic E-state index is 13.8. The van der Waals surface area contributed by atoms with Gasteiger partial charge in [-0.1, -0.05) is 32.9 Å². The molecule has 0 spiro atoms. The van der Waals surface area contributed by atoms with E-state index in [0.717, 1.165) is 0 Å². The number of hydrazone groups is 1. The van der Waals surface area contributed by atoms with Crippen molar-refractivity contribution >= 4 is 23.2 Å². The molecule has 8 N–H and O–H groups in total. The van der Waals surface area contributed by atoms with E-state index in [0.29, 0.717) is 0 Å². The molecule has 2 aromatic rings. The minimum atomic E-state index is -2.03. The number of hydrogen-bond acceptors (Lipinski definition) is 12. The molecule has 2 aromatic carbocycles. The van der Waals surface area contributed by atoms with Gasteiger partial charge in [-0.25, -0.2) is 5.43 Å². The molecule has 5 atom stereocenters. The SMILES string of the molecule is CCC(=O)N/N=C(\CO)[C@]1(O)Cc2c(O)c3c(c(O)c2[C@@H](OC(C)CC(N)C(O)C(C)C)C1)C(=O)c1c(OC)cccc1C3=O. The second-order valence-electron chi connectivity index (χ2n) is 12.0. The summed E-state index contributed by atoms with van der Waals surface area (Å²) < 4.78 is 11.6. The van der Waals surface area contributed by atoms with E-state index in [9.17, 15) is 39.9 Å². The van der Waals surface area contributed by atoms with Crippen LogP contribution in [0.2, 0.25) is 0 Å². The van der Waals surface area contributed by atoms with Crippen molar-refractivity contribution in [2.45, 2.75) is 83.3 Å². The summed E-state index contributed by atoms with van der Waals surface area (Å²) in [7, 11) is 1.34. The lowest BCUT2D eigenvalue weighted by Gasteiger charge is -2.41. The number of aromatic hydroxyl groups is 2. The molecule has 0 heterocycles. The number of phenols is 2. The number of ketones is 2. The molecule has 13 heteroatoms. The number of nitrogens with one attached hydrogen (secondary N) is 1. The number of ether oxygens (including phenoxy) is 2. The molecule has 4 rings (SSSR count). The summed E-state index contributed by atoms with van der Waals surface area (Å²) >= 11 is 0. The van der Waals surface area contributed by atoms with Crippen molar-refractivity contribution in [3.63, 3.8) is 0 Å². The van der Waals surface area contributed by atoms with Crippen molar-refractivity contribution in [3.05, 3.63) is 51.6 Å². The van der Waals surface area contributed by atoms with Crippen LogP contribution in [0, 0.1) is 5.92 Å². The summed E-state index contributed by atoms with van der Waals surface area (Å²) in [5.41, 5.74) is 5.08. The van der Waals surface area contributed by atoms with E-state index >= 15 is 0 Å². The maximum Gasteiger partial charge on any atom is 0.239 e. The lowest BCUT2D eigenvalue weighted by molar-refractivity contribution is -0.120. The monoisotopic (exact) mass is 627 g/mol. The molecule has 3 unspecified atom stereocenters. The zero-order valence-corrected chi connectivity index (χ0v) is 26.0. The second kappa shape index (κ2) is 13.2. The molecule has 45 heavy (non-hydrogen) atoms.